The number of amides is 1. The van der Waals surface area contributed by atoms with Crippen LogP contribution in [0.15, 0.2) is 36.5 Å². The average Bonchev–Trinajstić information content (AvgIpc) is 3.56. The van der Waals surface area contributed by atoms with E-state index in [2.05, 4.69) is 62.6 Å². The number of benzene rings is 1. The molecular formula is C26H26N4O. The molecule has 0 spiro atoms. The van der Waals surface area contributed by atoms with Gasteiger partial charge in [0.05, 0.1) is 22.8 Å². The summed E-state index contributed by atoms with van der Waals surface area (Å²) in [6.07, 6.45) is 18.8. The van der Waals surface area contributed by atoms with Crippen molar-refractivity contribution in [2.24, 2.45) is 0 Å². The lowest BCUT2D eigenvalue weighted by molar-refractivity contribution is 0.0965. The molecule has 4 heterocycles. The smallest absolute Gasteiger partial charge is 0.252 e. The van der Waals surface area contributed by atoms with Gasteiger partial charge in [-0.05, 0) is 55.1 Å². The van der Waals surface area contributed by atoms with Crippen LogP contribution in [-0.2, 0) is 13.0 Å². The number of carbonyl (C=O) groups excluding carboxylic acids is 1. The van der Waals surface area contributed by atoms with Crippen LogP contribution in [0.4, 0.5) is 5.69 Å². The molecule has 1 unspecified atom stereocenters. The number of rotatable bonds is 3. The molecule has 2 N–H and O–H groups in total. The maximum absolute atomic E-state index is 13.1. The summed E-state index contributed by atoms with van der Waals surface area (Å²) in [7, 11) is 0. The molecule has 0 saturated carbocycles. The van der Waals surface area contributed by atoms with Gasteiger partial charge >= 0.3 is 0 Å². The standard InChI is InChI=1S/C26H26N4O/c31-26-23-18(15-27-26)21-16-7-1-3-9-19(16)28-24(21)25-22(23)17-8-2-4-10-20(17)30(25)14-13-29-11-5-6-12-29/h1-4,8-10,20,28H,5-7,11-15H2,(H,27,31). The van der Waals surface area contributed by atoms with E-state index in [4.69, 9.17) is 0 Å². The molecule has 31 heavy (non-hydrogen) atoms. The second kappa shape index (κ2) is 6.47. The first kappa shape index (κ1) is 17.6. The summed E-state index contributed by atoms with van der Waals surface area (Å²) in [5.41, 5.74) is 7.12. The summed E-state index contributed by atoms with van der Waals surface area (Å²) >= 11 is 0. The summed E-state index contributed by atoms with van der Waals surface area (Å²) in [5, 5.41) is 6.73. The van der Waals surface area contributed by atoms with E-state index in [-0.39, 0.29) is 11.9 Å². The third-order valence-electron chi connectivity index (χ3n) is 7.60. The van der Waals surface area contributed by atoms with Gasteiger partial charge in [-0.15, -0.1) is 0 Å². The number of H-pyrrole nitrogens is 1. The van der Waals surface area contributed by atoms with Crippen molar-refractivity contribution in [2.75, 3.05) is 31.1 Å². The number of carbonyl (C=O) groups is 1. The Hall–Kier alpha value is -3.05. The van der Waals surface area contributed by atoms with Crippen molar-refractivity contribution in [1.82, 2.24) is 15.2 Å². The molecule has 2 aliphatic carbocycles. The van der Waals surface area contributed by atoms with Crippen LogP contribution in [0.3, 0.4) is 0 Å². The minimum absolute atomic E-state index is 0.0778. The van der Waals surface area contributed by atoms with E-state index in [1.807, 2.05) is 0 Å². The molecule has 1 fully saturated rings. The molecule has 0 radical (unpaired) electrons. The van der Waals surface area contributed by atoms with Gasteiger partial charge in [0.1, 0.15) is 0 Å². The zero-order chi connectivity index (χ0) is 20.5. The molecule has 156 valence electrons. The Kier molecular flexibility index (Phi) is 3.68. The Bertz CT molecular complexity index is 1350. The molecule has 7 rings (SSSR count). The molecule has 5 nitrogen and oxygen atoms in total. The van der Waals surface area contributed by atoms with Crippen molar-refractivity contribution in [3.63, 3.8) is 0 Å². The summed E-state index contributed by atoms with van der Waals surface area (Å²) in [6.45, 7) is 5.08. The summed E-state index contributed by atoms with van der Waals surface area (Å²) in [4.78, 5) is 22.0. The Labute approximate surface area is 181 Å². The summed E-state index contributed by atoms with van der Waals surface area (Å²) in [6, 6.07) is 0.202. The van der Waals surface area contributed by atoms with Crippen molar-refractivity contribution in [2.45, 2.75) is 31.8 Å². The second-order valence-electron chi connectivity index (χ2n) is 9.21. The molecule has 1 aromatic carbocycles. The normalized spacial score (nSPS) is 23.2. The monoisotopic (exact) mass is 410 g/mol. The number of aromatic nitrogens is 1. The van der Waals surface area contributed by atoms with Gasteiger partial charge in [-0.2, -0.15) is 0 Å². The predicted octanol–water partition coefficient (Wildman–Crippen LogP) is 1.87. The molecule has 3 aliphatic heterocycles. The van der Waals surface area contributed by atoms with E-state index in [0.717, 1.165) is 30.3 Å². The van der Waals surface area contributed by atoms with Crippen LogP contribution in [0.5, 0.6) is 0 Å². The fraction of sp³-hybridized carbons (Fsp3) is 0.346. The lowest BCUT2D eigenvalue weighted by atomic mass is 9.94. The first-order valence-corrected chi connectivity index (χ1v) is 11.5. The first-order valence-electron chi connectivity index (χ1n) is 11.5. The molecule has 1 saturated heterocycles. The third-order valence-corrected chi connectivity index (χ3v) is 7.60. The van der Waals surface area contributed by atoms with Gasteiger partial charge in [0, 0.05) is 35.6 Å². The third kappa shape index (κ3) is 2.38. The minimum atomic E-state index is 0.0778. The van der Waals surface area contributed by atoms with E-state index in [0.29, 0.717) is 6.54 Å². The van der Waals surface area contributed by atoms with Crippen molar-refractivity contribution < 1.29 is 4.79 Å². The number of allylic oxidation sites excluding steroid dienone is 4. The van der Waals surface area contributed by atoms with Crippen LogP contribution < -0.4 is 20.8 Å². The molecule has 5 aliphatic rings. The van der Waals surface area contributed by atoms with Gasteiger partial charge in [0.2, 0.25) is 0 Å². The quantitative estimate of drug-likeness (QED) is 0.812. The number of nitrogens with one attached hydrogen (secondary N) is 2. The maximum Gasteiger partial charge on any atom is 0.252 e. The molecular weight excluding hydrogens is 384 g/mol. The van der Waals surface area contributed by atoms with E-state index >= 15 is 0 Å². The van der Waals surface area contributed by atoms with Gasteiger partial charge in [-0.1, -0.05) is 36.5 Å². The minimum Gasteiger partial charge on any atom is -0.357 e. The van der Waals surface area contributed by atoms with E-state index < -0.39 is 0 Å². The van der Waals surface area contributed by atoms with Gasteiger partial charge in [0.15, 0.2) is 0 Å². The summed E-state index contributed by atoms with van der Waals surface area (Å²) in [5.74, 6) is 0.0778. The van der Waals surface area contributed by atoms with Gasteiger partial charge < -0.3 is 20.1 Å². The highest BCUT2D eigenvalue weighted by Gasteiger charge is 2.38. The SMILES string of the molecule is O=C1NCc2c1c1c(c3[nH]c4c(c23)CC=CC=4)N(CCN2CCCC2)C2C=CC=CC=12. The number of aromatic amines is 1. The Morgan fingerprint density at radius 1 is 1.06 bits per heavy atom. The topological polar surface area (TPSA) is 51.4 Å². The largest absolute Gasteiger partial charge is 0.357 e. The van der Waals surface area contributed by atoms with Crippen LogP contribution in [0.1, 0.15) is 34.3 Å². The van der Waals surface area contributed by atoms with Crippen LogP contribution in [-0.4, -0.2) is 48.0 Å². The zero-order valence-electron chi connectivity index (χ0n) is 17.6. The molecule has 0 bridgehead atoms. The first-order chi connectivity index (χ1) is 15.3. The fourth-order valence-electron chi connectivity index (χ4n) is 6.22. The molecule has 1 atom stereocenters. The van der Waals surface area contributed by atoms with Crippen LogP contribution >= 0.6 is 0 Å². The van der Waals surface area contributed by atoms with Crippen LogP contribution in [0.25, 0.3) is 22.6 Å². The maximum atomic E-state index is 13.1. The fourth-order valence-corrected chi connectivity index (χ4v) is 6.22. The van der Waals surface area contributed by atoms with Gasteiger partial charge in [0.25, 0.3) is 5.91 Å². The van der Waals surface area contributed by atoms with Gasteiger partial charge in [-0.25, -0.2) is 0 Å². The zero-order valence-corrected chi connectivity index (χ0v) is 17.6. The molecule has 2 aromatic rings. The molecule has 5 heteroatoms. The van der Waals surface area contributed by atoms with E-state index in [1.54, 1.807) is 0 Å². The van der Waals surface area contributed by atoms with Crippen molar-refractivity contribution in [3.05, 3.63) is 63.7 Å². The number of hydrogen-bond acceptors (Lipinski definition) is 3. The lowest BCUT2D eigenvalue weighted by Crippen LogP contribution is -2.38. The van der Waals surface area contributed by atoms with Crippen molar-refractivity contribution in [1.29, 1.82) is 0 Å². The number of anilines is 1. The van der Waals surface area contributed by atoms with E-state index in [1.165, 1.54) is 64.6 Å². The predicted molar refractivity (Wildman–Crippen MR) is 125 cm³/mol. The molecule has 1 amide bonds. The highest BCUT2D eigenvalue weighted by atomic mass is 16.1. The Morgan fingerprint density at radius 2 is 1.97 bits per heavy atom. The van der Waals surface area contributed by atoms with Gasteiger partial charge in [-0.3, -0.25) is 4.79 Å². The lowest BCUT2D eigenvalue weighted by Gasteiger charge is -2.30. The number of fused-ring (bicyclic) bond motifs is 9. The second-order valence-corrected chi connectivity index (χ2v) is 9.21. The number of likely N-dealkylation sites (tertiary alicyclic amines) is 1. The van der Waals surface area contributed by atoms with Crippen LogP contribution in [0, 0.1) is 0 Å². The Balaban J connectivity index is 1.51. The van der Waals surface area contributed by atoms with Crippen molar-refractivity contribution in [3.8, 4) is 0 Å². The average molecular weight is 411 g/mol. The highest BCUT2D eigenvalue weighted by Crippen LogP contribution is 2.39. The Morgan fingerprint density at radius 3 is 2.87 bits per heavy atom. The summed E-state index contributed by atoms with van der Waals surface area (Å²) < 4.78 is 0. The number of hydrogen-bond donors (Lipinski definition) is 2. The number of nitrogens with zero attached hydrogens (tertiary/aromatic N) is 2. The highest BCUT2D eigenvalue weighted by molar-refractivity contribution is 6.12. The molecule has 1 aromatic heterocycles. The van der Waals surface area contributed by atoms with Crippen molar-refractivity contribution >= 4 is 34.1 Å². The van der Waals surface area contributed by atoms with E-state index in [9.17, 15) is 4.79 Å². The van der Waals surface area contributed by atoms with Crippen LogP contribution in [0.2, 0.25) is 0 Å².